The highest BCUT2D eigenvalue weighted by atomic mass is 35.5. The van der Waals surface area contributed by atoms with Crippen LogP contribution in [0.5, 0.6) is 0 Å². The van der Waals surface area contributed by atoms with Gasteiger partial charge < -0.3 is 0 Å². The molecular weight excluding hydrogens is 230 g/mol. The zero-order valence-corrected chi connectivity index (χ0v) is 10.5. The molecule has 0 fully saturated rings. The number of nitrogens with zero attached hydrogens (tertiary/aromatic N) is 1. The van der Waals surface area contributed by atoms with Crippen LogP contribution in [0.1, 0.15) is 24.6 Å². The van der Waals surface area contributed by atoms with Crippen LogP contribution in [0.2, 0.25) is 5.02 Å². The van der Waals surface area contributed by atoms with Crippen molar-refractivity contribution in [2.75, 3.05) is 0 Å². The lowest BCUT2D eigenvalue weighted by Gasteiger charge is -2.07. The van der Waals surface area contributed by atoms with E-state index in [2.05, 4.69) is 18.0 Å². The van der Waals surface area contributed by atoms with Crippen LogP contribution in [0.25, 0.3) is 5.57 Å². The monoisotopic (exact) mass is 243 g/mol. The molecule has 0 amide bonds. The molecule has 0 atom stereocenters. The molecule has 86 valence electrons. The van der Waals surface area contributed by atoms with Gasteiger partial charge in [-0.05, 0) is 36.2 Å². The molecule has 1 nitrogen and oxygen atoms in total. The molecule has 0 aliphatic heterocycles. The molecule has 0 aliphatic carbocycles. The molecule has 0 radical (unpaired) electrons. The van der Waals surface area contributed by atoms with Crippen LogP contribution in [0.3, 0.4) is 0 Å². The van der Waals surface area contributed by atoms with E-state index in [0.29, 0.717) is 0 Å². The summed E-state index contributed by atoms with van der Waals surface area (Å²) >= 11 is 5.90. The van der Waals surface area contributed by atoms with Gasteiger partial charge in [-0.1, -0.05) is 42.8 Å². The SMILES string of the molecule is CC/C=C(/c1ccc(Cl)cc1)c1ccccn1. The molecule has 17 heavy (non-hydrogen) atoms. The van der Waals surface area contributed by atoms with Crippen molar-refractivity contribution in [2.24, 2.45) is 0 Å². The van der Waals surface area contributed by atoms with Gasteiger partial charge >= 0.3 is 0 Å². The van der Waals surface area contributed by atoms with Gasteiger partial charge in [0.25, 0.3) is 0 Å². The maximum Gasteiger partial charge on any atom is 0.0704 e. The highest BCUT2D eigenvalue weighted by Gasteiger charge is 2.04. The molecule has 2 heteroatoms. The van der Waals surface area contributed by atoms with Crippen molar-refractivity contribution in [3.8, 4) is 0 Å². The second-order valence-electron chi connectivity index (χ2n) is 3.75. The van der Waals surface area contributed by atoms with E-state index in [1.54, 1.807) is 0 Å². The average Bonchev–Trinajstić information content (AvgIpc) is 2.38. The quantitative estimate of drug-likeness (QED) is 0.769. The summed E-state index contributed by atoms with van der Waals surface area (Å²) in [7, 11) is 0. The van der Waals surface area contributed by atoms with Gasteiger partial charge in [0.2, 0.25) is 0 Å². The third-order valence-electron chi connectivity index (χ3n) is 2.50. The van der Waals surface area contributed by atoms with Crippen LogP contribution in [-0.4, -0.2) is 4.98 Å². The zero-order chi connectivity index (χ0) is 12.1. The number of aromatic nitrogens is 1. The number of rotatable bonds is 3. The first kappa shape index (κ1) is 11.9. The van der Waals surface area contributed by atoms with Crippen LogP contribution in [0.15, 0.2) is 54.7 Å². The molecule has 2 rings (SSSR count). The molecule has 0 bridgehead atoms. The number of allylic oxidation sites excluding steroid dienone is 1. The van der Waals surface area contributed by atoms with Gasteiger partial charge in [-0.2, -0.15) is 0 Å². The molecule has 0 aliphatic rings. The Kier molecular flexibility index (Phi) is 3.94. The fourth-order valence-corrected chi connectivity index (χ4v) is 1.85. The summed E-state index contributed by atoms with van der Waals surface area (Å²) in [5.74, 6) is 0. The topological polar surface area (TPSA) is 12.9 Å². The van der Waals surface area contributed by atoms with E-state index >= 15 is 0 Å². The van der Waals surface area contributed by atoms with E-state index in [9.17, 15) is 0 Å². The van der Waals surface area contributed by atoms with Gasteiger partial charge in [0, 0.05) is 16.8 Å². The van der Waals surface area contributed by atoms with E-state index < -0.39 is 0 Å². The number of halogens is 1. The highest BCUT2D eigenvalue weighted by Crippen LogP contribution is 2.23. The average molecular weight is 244 g/mol. The summed E-state index contributed by atoms with van der Waals surface area (Å²) in [6, 6.07) is 13.8. The Morgan fingerprint density at radius 3 is 2.53 bits per heavy atom. The van der Waals surface area contributed by atoms with Crippen molar-refractivity contribution in [2.45, 2.75) is 13.3 Å². The summed E-state index contributed by atoms with van der Waals surface area (Å²) in [6.07, 6.45) is 4.98. The Labute approximate surface area is 107 Å². The molecule has 0 saturated heterocycles. The minimum absolute atomic E-state index is 0.755. The largest absolute Gasteiger partial charge is 0.256 e. The Hall–Kier alpha value is -1.60. The van der Waals surface area contributed by atoms with Crippen molar-refractivity contribution >= 4 is 17.2 Å². The molecule has 1 heterocycles. The Bertz CT molecular complexity index is 500. The van der Waals surface area contributed by atoms with Gasteiger partial charge in [-0.25, -0.2) is 0 Å². The smallest absolute Gasteiger partial charge is 0.0704 e. The van der Waals surface area contributed by atoms with Gasteiger partial charge in [-0.3, -0.25) is 4.98 Å². The lowest BCUT2D eigenvalue weighted by atomic mass is 10.0. The Balaban J connectivity index is 2.44. The molecule has 2 aromatic rings. The normalized spacial score (nSPS) is 11.5. The fraction of sp³-hybridized carbons (Fsp3) is 0.133. The zero-order valence-electron chi connectivity index (χ0n) is 9.73. The molecule has 1 aromatic carbocycles. The summed E-state index contributed by atoms with van der Waals surface area (Å²) in [5.41, 5.74) is 3.30. The lowest BCUT2D eigenvalue weighted by molar-refractivity contribution is 1.20. The van der Waals surface area contributed by atoms with Crippen molar-refractivity contribution in [1.29, 1.82) is 0 Å². The Morgan fingerprint density at radius 2 is 1.94 bits per heavy atom. The molecule has 0 unspecified atom stereocenters. The molecule has 0 N–H and O–H groups in total. The fourth-order valence-electron chi connectivity index (χ4n) is 1.73. The molecular formula is C15H14ClN. The van der Waals surface area contributed by atoms with Gasteiger partial charge in [-0.15, -0.1) is 0 Å². The third kappa shape index (κ3) is 2.95. The predicted molar refractivity (Wildman–Crippen MR) is 73.1 cm³/mol. The standard InChI is InChI=1S/C15H14ClN/c1-2-5-14(15-6-3-4-11-17-15)12-7-9-13(16)10-8-12/h3-11H,2H2,1H3/b14-5-. The van der Waals surface area contributed by atoms with Gasteiger partial charge in [0.1, 0.15) is 0 Å². The van der Waals surface area contributed by atoms with Crippen LogP contribution < -0.4 is 0 Å². The van der Waals surface area contributed by atoms with Gasteiger partial charge in [0.15, 0.2) is 0 Å². The lowest BCUT2D eigenvalue weighted by Crippen LogP contribution is -1.90. The summed E-state index contributed by atoms with van der Waals surface area (Å²) in [4.78, 5) is 4.40. The highest BCUT2D eigenvalue weighted by molar-refractivity contribution is 6.30. The third-order valence-corrected chi connectivity index (χ3v) is 2.76. The maximum absolute atomic E-state index is 5.90. The molecule has 0 saturated carbocycles. The van der Waals surface area contributed by atoms with Crippen LogP contribution in [0.4, 0.5) is 0 Å². The van der Waals surface area contributed by atoms with Crippen molar-refractivity contribution in [3.05, 3.63) is 71.0 Å². The first-order valence-corrected chi connectivity index (χ1v) is 6.06. The number of hydrogen-bond donors (Lipinski definition) is 0. The van der Waals surface area contributed by atoms with Crippen molar-refractivity contribution < 1.29 is 0 Å². The summed E-state index contributed by atoms with van der Waals surface area (Å²) in [5, 5.41) is 0.755. The second-order valence-corrected chi connectivity index (χ2v) is 4.18. The van der Waals surface area contributed by atoms with Gasteiger partial charge in [0.05, 0.1) is 5.69 Å². The van der Waals surface area contributed by atoms with E-state index in [4.69, 9.17) is 11.6 Å². The molecule has 0 spiro atoms. The first-order valence-electron chi connectivity index (χ1n) is 5.68. The van der Waals surface area contributed by atoms with Crippen molar-refractivity contribution in [3.63, 3.8) is 0 Å². The van der Waals surface area contributed by atoms with E-state index in [1.807, 2.05) is 48.7 Å². The second kappa shape index (κ2) is 5.65. The van der Waals surface area contributed by atoms with Crippen LogP contribution in [-0.2, 0) is 0 Å². The number of pyridine rings is 1. The number of hydrogen-bond acceptors (Lipinski definition) is 1. The summed E-state index contributed by atoms with van der Waals surface area (Å²) < 4.78 is 0. The minimum Gasteiger partial charge on any atom is -0.256 e. The van der Waals surface area contributed by atoms with E-state index in [0.717, 1.165) is 28.3 Å². The van der Waals surface area contributed by atoms with E-state index in [-0.39, 0.29) is 0 Å². The summed E-state index contributed by atoms with van der Waals surface area (Å²) in [6.45, 7) is 2.12. The first-order chi connectivity index (χ1) is 8.31. The predicted octanol–water partition coefficient (Wildman–Crippen LogP) is 4.58. The van der Waals surface area contributed by atoms with Crippen LogP contribution >= 0.6 is 11.6 Å². The Morgan fingerprint density at radius 1 is 1.18 bits per heavy atom. The number of benzene rings is 1. The van der Waals surface area contributed by atoms with E-state index in [1.165, 1.54) is 0 Å². The molecule has 1 aromatic heterocycles. The maximum atomic E-state index is 5.90. The van der Waals surface area contributed by atoms with Crippen molar-refractivity contribution in [1.82, 2.24) is 4.98 Å². The minimum atomic E-state index is 0.755. The van der Waals surface area contributed by atoms with Crippen LogP contribution in [0, 0.1) is 0 Å².